The van der Waals surface area contributed by atoms with Gasteiger partial charge in [0.15, 0.2) is 5.65 Å². The van der Waals surface area contributed by atoms with Gasteiger partial charge in [-0.3, -0.25) is 4.79 Å². The molecule has 3 aromatic rings. The Morgan fingerprint density at radius 2 is 2.03 bits per heavy atom. The molecule has 162 valence electrons. The molecule has 1 aliphatic heterocycles. The summed E-state index contributed by atoms with van der Waals surface area (Å²) in [6, 6.07) is 10.0. The van der Waals surface area contributed by atoms with E-state index in [0.29, 0.717) is 17.4 Å². The highest BCUT2D eigenvalue weighted by Gasteiger charge is 2.24. The third-order valence-electron chi connectivity index (χ3n) is 5.93. The number of fused-ring (bicyclic) bond motifs is 1. The molecule has 1 aromatic carbocycles. The number of amides is 1. The molecule has 0 radical (unpaired) electrons. The molecule has 2 aromatic heterocycles. The highest BCUT2D eigenvalue weighted by molar-refractivity contribution is 6.36. The Labute approximate surface area is 189 Å². The lowest BCUT2D eigenvalue weighted by atomic mass is 10.0. The lowest BCUT2D eigenvalue weighted by Gasteiger charge is -2.33. The van der Waals surface area contributed by atoms with E-state index < -0.39 is 0 Å². The first-order valence-corrected chi connectivity index (χ1v) is 11.4. The molecule has 1 saturated heterocycles. The first-order valence-electron chi connectivity index (χ1n) is 11.1. The minimum absolute atomic E-state index is 0.280. The van der Waals surface area contributed by atoms with E-state index in [-0.39, 0.29) is 11.9 Å². The molecule has 0 unspecified atom stereocenters. The van der Waals surface area contributed by atoms with Crippen molar-refractivity contribution in [1.29, 1.82) is 0 Å². The van der Waals surface area contributed by atoms with Crippen molar-refractivity contribution in [3.05, 3.63) is 41.6 Å². The first kappa shape index (κ1) is 21.7. The van der Waals surface area contributed by atoms with Crippen molar-refractivity contribution in [2.45, 2.75) is 45.6 Å². The summed E-state index contributed by atoms with van der Waals surface area (Å²) in [7, 11) is 2.01. The molecule has 0 bridgehead atoms. The summed E-state index contributed by atoms with van der Waals surface area (Å²) in [5, 5.41) is 8.85. The fourth-order valence-corrected chi connectivity index (χ4v) is 4.27. The third-order valence-corrected chi connectivity index (χ3v) is 6.26. The summed E-state index contributed by atoms with van der Waals surface area (Å²) in [6.45, 7) is 5.90. The van der Waals surface area contributed by atoms with Crippen LogP contribution in [0.25, 0.3) is 16.9 Å². The first-order chi connectivity index (χ1) is 14.9. The summed E-state index contributed by atoms with van der Waals surface area (Å²) in [5.41, 5.74) is 3.56. The molecule has 1 N–H and O–H groups in total. The lowest BCUT2D eigenvalue weighted by Crippen LogP contribution is -2.42. The predicted molar refractivity (Wildman–Crippen MR) is 129 cm³/mol. The molecule has 1 fully saturated rings. The molecule has 0 spiro atoms. The smallest absolute Gasteiger partial charge is 0.222 e. The van der Waals surface area contributed by atoms with Crippen LogP contribution in [0.2, 0.25) is 5.02 Å². The van der Waals surface area contributed by atoms with Gasteiger partial charge in [-0.25, -0.2) is 4.98 Å². The van der Waals surface area contributed by atoms with Gasteiger partial charge in [-0.05, 0) is 36.7 Å². The van der Waals surface area contributed by atoms with Crippen LogP contribution in [0.3, 0.4) is 0 Å². The quantitative estimate of drug-likeness (QED) is 0.602. The Bertz CT molecular complexity index is 1080. The Kier molecular flexibility index (Phi) is 6.51. The number of likely N-dealkylation sites (tertiary alicyclic amines) is 1. The number of hydrogen-bond acceptors (Lipinski definition) is 4. The van der Waals surface area contributed by atoms with Crippen molar-refractivity contribution >= 4 is 42.3 Å². The lowest BCUT2D eigenvalue weighted by molar-refractivity contribution is -0.132. The van der Waals surface area contributed by atoms with Crippen LogP contribution >= 0.6 is 11.6 Å². The van der Waals surface area contributed by atoms with Crippen molar-refractivity contribution in [3.8, 4) is 11.3 Å². The maximum absolute atomic E-state index is 12.4. The van der Waals surface area contributed by atoms with Crippen molar-refractivity contribution in [1.82, 2.24) is 19.5 Å². The van der Waals surface area contributed by atoms with Crippen molar-refractivity contribution in [3.63, 3.8) is 0 Å². The molecular weight excluding hydrogens is 409 g/mol. The van der Waals surface area contributed by atoms with Gasteiger partial charge in [0.2, 0.25) is 5.91 Å². The standard InChI is InChI=1S/C23H29BClN5O/c1-15(2)7-8-22(31)29-11-9-16(10-12-29)27-21-13-20(17-5-3-4-6-19(17)25)28-23-18(24)14-26-30(21)23/h3-6,13-16,27H,7-12,24H2,1-2H3. The van der Waals surface area contributed by atoms with E-state index in [1.807, 2.05) is 53.8 Å². The Morgan fingerprint density at radius 3 is 2.74 bits per heavy atom. The molecule has 0 saturated carbocycles. The van der Waals surface area contributed by atoms with Crippen LogP contribution in [-0.4, -0.2) is 52.4 Å². The molecule has 6 nitrogen and oxygen atoms in total. The van der Waals surface area contributed by atoms with Gasteiger partial charge in [0, 0.05) is 48.4 Å². The van der Waals surface area contributed by atoms with E-state index in [0.717, 1.165) is 60.5 Å². The summed E-state index contributed by atoms with van der Waals surface area (Å²) in [5.74, 6) is 1.74. The Morgan fingerprint density at radius 1 is 1.29 bits per heavy atom. The summed E-state index contributed by atoms with van der Waals surface area (Å²) in [4.78, 5) is 19.3. The van der Waals surface area contributed by atoms with E-state index in [2.05, 4.69) is 24.3 Å². The van der Waals surface area contributed by atoms with Crippen LogP contribution in [0.4, 0.5) is 5.82 Å². The molecular formula is C23H29BClN5O. The van der Waals surface area contributed by atoms with Crippen LogP contribution < -0.4 is 10.8 Å². The molecule has 31 heavy (non-hydrogen) atoms. The predicted octanol–water partition coefficient (Wildman–Crippen LogP) is 3.15. The van der Waals surface area contributed by atoms with E-state index >= 15 is 0 Å². The molecule has 1 aliphatic rings. The van der Waals surface area contributed by atoms with Gasteiger partial charge < -0.3 is 10.2 Å². The second-order valence-electron chi connectivity index (χ2n) is 8.80. The van der Waals surface area contributed by atoms with Gasteiger partial charge in [-0.2, -0.15) is 9.61 Å². The zero-order valence-electron chi connectivity index (χ0n) is 18.4. The number of benzene rings is 1. The second-order valence-corrected chi connectivity index (χ2v) is 9.21. The molecule has 0 aliphatic carbocycles. The van der Waals surface area contributed by atoms with Crippen LogP contribution in [-0.2, 0) is 4.79 Å². The fraction of sp³-hybridized carbons (Fsp3) is 0.435. The number of rotatable bonds is 6. The van der Waals surface area contributed by atoms with E-state index in [1.165, 1.54) is 0 Å². The molecule has 1 amide bonds. The normalized spacial score (nSPS) is 15.0. The summed E-state index contributed by atoms with van der Waals surface area (Å²) in [6.07, 6.45) is 5.27. The van der Waals surface area contributed by atoms with Gasteiger partial charge in [0.25, 0.3) is 0 Å². The van der Waals surface area contributed by atoms with Crippen LogP contribution in [0.5, 0.6) is 0 Å². The summed E-state index contributed by atoms with van der Waals surface area (Å²) < 4.78 is 1.86. The molecule has 3 heterocycles. The van der Waals surface area contributed by atoms with Gasteiger partial charge >= 0.3 is 0 Å². The van der Waals surface area contributed by atoms with Crippen LogP contribution in [0, 0.1) is 5.92 Å². The van der Waals surface area contributed by atoms with Crippen LogP contribution in [0.15, 0.2) is 36.5 Å². The SMILES string of the molecule is Bc1cnn2c(NC3CCN(C(=O)CCC(C)C)CC3)cc(-c3ccccc3Cl)nc12. The number of carbonyl (C=O) groups is 1. The number of piperidine rings is 1. The number of aromatic nitrogens is 3. The Balaban J connectivity index is 1.51. The van der Waals surface area contributed by atoms with E-state index in [4.69, 9.17) is 16.6 Å². The number of hydrogen-bond donors (Lipinski definition) is 1. The van der Waals surface area contributed by atoms with Crippen LogP contribution in [0.1, 0.15) is 39.5 Å². The zero-order chi connectivity index (χ0) is 22.0. The topological polar surface area (TPSA) is 62.5 Å². The number of halogens is 1. The van der Waals surface area contributed by atoms with Crippen molar-refractivity contribution in [2.24, 2.45) is 5.92 Å². The largest absolute Gasteiger partial charge is 0.367 e. The van der Waals surface area contributed by atoms with Gasteiger partial charge in [0.1, 0.15) is 13.7 Å². The second kappa shape index (κ2) is 9.31. The zero-order valence-corrected chi connectivity index (χ0v) is 19.2. The third kappa shape index (κ3) is 4.87. The maximum atomic E-state index is 12.4. The minimum atomic E-state index is 0.280. The average molecular weight is 438 g/mol. The van der Waals surface area contributed by atoms with E-state index in [9.17, 15) is 4.79 Å². The molecule has 8 heteroatoms. The Hall–Kier alpha value is -2.54. The maximum Gasteiger partial charge on any atom is 0.222 e. The molecule has 0 atom stereocenters. The number of nitrogens with zero attached hydrogens (tertiary/aromatic N) is 4. The van der Waals surface area contributed by atoms with Gasteiger partial charge in [-0.15, -0.1) is 0 Å². The minimum Gasteiger partial charge on any atom is -0.367 e. The highest BCUT2D eigenvalue weighted by atomic mass is 35.5. The van der Waals surface area contributed by atoms with Crippen molar-refractivity contribution in [2.75, 3.05) is 18.4 Å². The fourth-order valence-electron chi connectivity index (χ4n) is 4.03. The van der Waals surface area contributed by atoms with E-state index in [1.54, 1.807) is 0 Å². The van der Waals surface area contributed by atoms with Crippen molar-refractivity contribution < 1.29 is 4.79 Å². The molecule has 4 rings (SSSR count). The number of nitrogens with one attached hydrogen (secondary N) is 1. The monoisotopic (exact) mass is 437 g/mol. The highest BCUT2D eigenvalue weighted by Crippen LogP contribution is 2.29. The number of carbonyl (C=O) groups excluding carboxylic acids is 1. The van der Waals surface area contributed by atoms with Gasteiger partial charge in [-0.1, -0.05) is 43.6 Å². The average Bonchev–Trinajstić information content (AvgIpc) is 3.14. The summed E-state index contributed by atoms with van der Waals surface area (Å²) >= 11 is 6.44. The number of anilines is 1. The van der Waals surface area contributed by atoms with Gasteiger partial charge in [0.05, 0.1) is 5.69 Å².